The molecule has 1 aliphatic carbocycles. The van der Waals surface area contributed by atoms with Crippen LogP contribution in [0.1, 0.15) is 31.2 Å². The molecule has 2 N–H and O–H groups in total. The van der Waals surface area contributed by atoms with Crippen molar-refractivity contribution < 1.29 is 13.9 Å². The van der Waals surface area contributed by atoms with Crippen LogP contribution in [0.25, 0.3) is 0 Å². The van der Waals surface area contributed by atoms with E-state index in [1.807, 2.05) is 0 Å². The van der Waals surface area contributed by atoms with E-state index >= 15 is 0 Å². The average Bonchev–Trinajstić information content (AvgIpc) is 2.80. The van der Waals surface area contributed by atoms with Gasteiger partial charge in [0.05, 0.1) is 18.7 Å². The monoisotopic (exact) mass is 317 g/mol. The lowest BCUT2D eigenvalue weighted by atomic mass is 9.88. The number of halogens is 2. The van der Waals surface area contributed by atoms with Gasteiger partial charge < -0.3 is 15.2 Å². The molecule has 0 radical (unpaired) electrons. The fourth-order valence-electron chi connectivity index (χ4n) is 2.62. The molecule has 1 aromatic rings. The van der Waals surface area contributed by atoms with Gasteiger partial charge in [-0.1, -0.05) is 12.8 Å². The molecule has 0 aliphatic heterocycles. The van der Waals surface area contributed by atoms with Gasteiger partial charge >= 0.3 is 0 Å². The second kappa shape index (κ2) is 5.05. The Labute approximate surface area is 115 Å². The van der Waals surface area contributed by atoms with Crippen LogP contribution in [-0.4, -0.2) is 14.2 Å². The number of hydrogen-bond acceptors (Lipinski definition) is 3. The van der Waals surface area contributed by atoms with Crippen molar-refractivity contribution in [3.63, 3.8) is 0 Å². The highest BCUT2D eigenvalue weighted by atomic mass is 79.9. The number of nitrogens with two attached hydrogens (primary N) is 1. The van der Waals surface area contributed by atoms with Crippen molar-refractivity contribution in [1.29, 1.82) is 0 Å². The third kappa shape index (κ3) is 2.10. The fraction of sp³-hybridized carbons (Fsp3) is 0.538. The van der Waals surface area contributed by atoms with E-state index in [4.69, 9.17) is 15.2 Å². The van der Waals surface area contributed by atoms with Gasteiger partial charge in [0, 0.05) is 11.1 Å². The zero-order valence-corrected chi connectivity index (χ0v) is 12.1. The molecule has 1 saturated carbocycles. The van der Waals surface area contributed by atoms with Gasteiger partial charge in [-0.3, -0.25) is 0 Å². The molecule has 1 aromatic carbocycles. The van der Waals surface area contributed by atoms with Gasteiger partial charge in [0.1, 0.15) is 0 Å². The van der Waals surface area contributed by atoms with E-state index in [9.17, 15) is 4.39 Å². The van der Waals surface area contributed by atoms with Crippen LogP contribution in [0.3, 0.4) is 0 Å². The first-order valence-electron chi connectivity index (χ1n) is 5.93. The minimum atomic E-state index is -0.459. The molecule has 0 spiro atoms. The lowest BCUT2D eigenvalue weighted by Crippen LogP contribution is -2.33. The molecule has 3 nitrogen and oxygen atoms in total. The van der Waals surface area contributed by atoms with E-state index < -0.39 is 11.4 Å². The molecule has 100 valence electrons. The standard InChI is InChI=1S/C13H17BrFNO2/c1-17-11-8(13(16)5-3-4-6-13)7-9(14)10(15)12(11)18-2/h7H,3-6,16H2,1-2H3. The molecule has 18 heavy (non-hydrogen) atoms. The third-order valence-corrected chi connectivity index (χ3v) is 4.15. The van der Waals surface area contributed by atoms with Gasteiger partial charge in [-0.15, -0.1) is 0 Å². The Morgan fingerprint density at radius 1 is 1.22 bits per heavy atom. The highest BCUT2D eigenvalue weighted by Gasteiger charge is 2.36. The van der Waals surface area contributed by atoms with Gasteiger partial charge in [0.25, 0.3) is 0 Å². The molecule has 0 bridgehead atoms. The van der Waals surface area contributed by atoms with Crippen LogP contribution in [0.2, 0.25) is 0 Å². The maximum absolute atomic E-state index is 13.9. The van der Waals surface area contributed by atoms with Crippen LogP contribution in [0.4, 0.5) is 4.39 Å². The Morgan fingerprint density at radius 2 is 1.78 bits per heavy atom. The second-order valence-corrected chi connectivity index (χ2v) is 5.50. The number of benzene rings is 1. The topological polar surface area (TPSA) is 44.5 Å². The summed E-state index contributed by atoms with van der Waals surface area (Å²) in [7, 11) is 2.93. The summed E-state index contributed by atoms with van der Waals surface area (Å²) in [6.45, 7) is 0. The molecule has 2 rings (SSSR count). The average molecular weight is 318 g/mol. The Balaban J connectivity index is 2.63. The first kappa shape index (κ1) is 13.6. The molecular formula is C13H17BrFNO2. The minimum absolute atomic E-state index is 0.110. The van der Waals surface area contributed by atoms with Gasteiger partial charge in [0.2, 0.25) is 0 Å². The van der Waals surface area contributed by atoms with E-state index in [1.54, 1.807) is 6.07 Å². The van der Waals surface area contributed by atoms with E-state index in [0.717, 1.165) is 31.2 Å². The Kier molecular flexibility index (Phi) is 3.82. The summed E-state index contributed by atoms with van der Waals surface area (Å²) < 4.78 is 24.7. The van der Waals surface area contributed by atoms with Crippen LogP contribution >= 0.6 is 15.9 Å². The number of methoxy groups -OCH3 is 2. The van der Waals surface area contributed by atoms with Crippen molar-refractivity contribution in [2.75, 3.05) is 14.2 Å². The fourth-order valence-corrected chi connectivity index (χ4v) is 3.03. The second-order valence-electron chi connectivity index (χ2n) is 4.65. The van der Waals surface area contributed by atoms with E-state index in [0.29, 0.717) is 10.2 Å². The van der Waals surface area contributed by atoms with Crippen LogP contribution in [0.15, 0.2) is 10.5 Å². The van der Waals surface area contributed by atoms with Gasteiger partial charge in [0.15, 0.2) is 17.3 Å². The summed E-state index contributed by atoms with van der Waals surface area (Å²) in [5, 5.41) is 0. The number of hydrogen-bond donors (Lipinski definition) is 1. The maximum atomic E-state index is 13.9. The van der Waals surface area contributed by atoms with Crippen molar-refractivity contribution in [2.24, 2.45) is 5.73 Å². The first-order chi connectivity index (χ1) is 8.53. The Bertz CT molecular complexity index is 459. The van der Waals surface area contributed by atoms with E-state index in [1.165, 1.54) is 14.2 Å². The Hall–Kier alpha value is -0.810. The predicted molar refractivity (Wildman–Crippen MR) is 71.5 cm³/mol. The van der Waals surface area contributed by atoms with Crippen LogP contribution in [0, 0.1) is 5.82 Å². The normalized spacial score (nSPS) is 17.8. The van der Waals surface area contributed by atoms with Crippen LogP contribution in [0.5, 0.6) is 11.5 Å². The third-order valence-electron chi connectivity index (χ3n) is 3.57. The van der Waals surface area contributed by atoms with Crippen molar-refractivity contribution in [3.05, 3.63) is 21.9 Å². The molecule has 0 heterocycles. The molecular weight excluding hydrogens is 301 g/mol. The molecule has 0 unspecified atom stereocenters. The van der Waals surface area contributed by atoms with E-state index in [2.05, 4.69) is 15.9 Å². The van der Waals surface area contributed by atoms with Crippen molar-refractivity contribution in [1.82, 2.24) is 0 Å². The summed E-state index contributed by atoms with van der Waals surface area (Å²) in [6.07, 6.45) is 3.92. The number of ether oxygens (including phenoxy) is 2. The van der Waals surface area contributed by atoms with E-state index in [-0.39, 0.29) is 5.75 Å². The lowest BCUT2D eigenvalue weighted by molar-refractivity contribution is 0.322. The lowest BCUT2D eigenvalue weighted by Gasteiger charge is -2.27. The molecule has 0 aromatic heterocycles. The summed E-state index contributed by atoms with van der Waals surface area (Å²) in [5.74, 6) is 0.0564. The summed E-state index contributed by atoms with van der Waals surface area (Å²) in [5.41, 5.74) is 6.78. The zero-order chi connectivity index (χ0) is 13.3. The smallest absolute Gasteiger partial charge is 0.198 e. The summed E-state index contributed by atoms with van der Waals surface area (Å²) >= 11 is 3.21. The maximum Gasteiger partial charge on any atom is 0.198 e. The molecule has 1 fully saturated rings. The van der Waals surface area contributed by atoms with Crippen molar-refractivity contribution in [2.45, 2.75) is 31.2 Å². The van der Waals surface area contributed by atoms with Crippen LogP contribution in [-0.2, 0) is 5.54 Å². The molecule has 5 heteroatoms. The van der Waals surface area contributed by atoms with Gasteiger partial charge in [-0.2, -0.15) is 0 Å². The molecule has 0 saturated heterocycles. The summed E-state index contributed by atoms with van der Waals surface area (Å²) in [4.78, 5) is 0. The van der Waals surface area contributed by atoms with Crippen molar-refractivity contribution >= 4 is 15.9 Å². The molecule has 0 amide bonds. The largest absolute Gasteiger partial charge is 0.492 e. The highest BCUT2D eigenvalue weighted by molar-refractivity contribution is 9.10. The zero-order valence-electron chi connectivity index (χ0n) is 10.6. The van der Waals surface area contributed by atoms with Gasteiger partial charge in [-0.05, 0) is 34.8 Å². The van der Waals surface area contributed by atoms with Gasteiger partial charge in [-0.25, -0.2) is 4.39 Å². The van der Waals surface area contributed by atoms with Crippen LogP contribution < -0.4 is 15.2 Å². The Morgan fingerprint density at radius 3 is 2.28 bits per heavy atom. The summed E-state index contributed by atoms with van der Waals surface area (Å²) in [6, 6.07) is 1.71. The highest BCUT2D eigenvalue weighted by Crippen LogP contribution is 2.47. The quantitative estimate of drug-likeness (QED) is 0.930. The minimum Gasteiger partial charge on any atom is -0.492 e. The predicted octanol–water partition coefficient (Wildman–Crippen LogP) is 3.33. The first-order valence-corrected chi connectivity index (χ1v) is 6.72. The SMILES string of the molecule is COc1c(C2(N)CCCC2)cc(Br)c(F)c1OC. The number of rotatable bonds is 3. The molecule has 1 aliphatic rings. The van der Waals surface area contributed by atoms with Crippen molar-refractivity contribution in [3.8, 4) is 11.5 Å². The molecule has 0 atom stereocenters.